The number of halogens is 2. The molecule has 0 fully saturated rings. The lowest BCUT2D eigenvalue weighted by molar-refractivity contribution is 0.160. The predicted molar refractivity (Wildman–Crippen MR) is 129 cm³/mol. The summed E-state index contributed by atoms with van der Waals surface area (Å²) >= 11 is 12.4. The molecule has 0 saturated heterocycles. The van der Waals surface area contributed by atoms with E-state index in [-0.39, 0.29) is 5.92 Å². The lowest BCUT2D eigenvalue weighted by Gasteiger charge is -2.36. The highest BCUT2D eigenvalue weighted by molar-refractivity contribution is 6.42. The molecule has 0 N–H and O–H groups in total. The van der Waals surface area contributed by atoms with Gasteiger partial charge in [0.05, 0.1) is 21.5 Å². The van der Waals surface area contributed by atoms with Crippen molar-refractivity contribution >= 4 is 23.2 Å². The Hall–Kier alpha value is -1.53. The zero-order valence-corrected chi connectivity index (χ0v) is 20.2. The quantitative estimate of drug-likeness (QED) is 0.352. The summed E-state index contributed by atoms with van der Waals surface area (Å²) in [5.41, 5.74) is 1.73. The highest BCUT2D eigenvalue weighted by atomic mass is 35.5. The average molecular weight is 445 g/mol. The van der Waals surface area contributed by atoms with Crippen molar-refractivity contribution in [2.24, 2.45) is 5.92 Å². The lowest BCUT2D eigenvalue weighted by Crippen LogP contribution is -2.38. The van der Waals surface area contributed by atoms with E-state index in [1.807, 2.05) is 18.2 Å². The van der Waals surface area contributed by atoms with Crippen molar-refractivity contribution in [1.82, 2.24) is 4.90 Å². The predicted octanol–water partition coefficient (Wildman–Crippen LogP) is 7.88. The Labute approximate surface area is 192 Å². The molecule has 0 aromatic heterocycles. The van der Waals surface area contributed by atoms with Crippen molar-refractivity contribution in [2.75, 3.05) is 6.54 Å². The molecule has 0 amide bonds. The fraction of sp³-hybridized carbons (Fsp3) is 0.500. The number of rotatable bonds is 11. The van der Waals surface area contributed by atoms with Gasteiger partial charge in [-0.2, -0.15) is 5.26 Å². The van der Waals surface area contributed by atoms with Gasteiger partial charge in [0, 0.05) is 12.6 Å². The summed E-state index contributed by atoms with van der Waals surface area (Å²) in [6.45, 7) is 10.7. The van der Waals surface area contributed by atoms with Gasteiger partial charge in [-0.25, -0.2) is 0 Å². The topological polar surface area (TPSA) is 27.0 Å². The van der Waals surface area contributed by atoms with Crippen molar-refractivity contribution in [1.29, 1.82) is 5.26 Å². The Morgan fingerprint density at radius 1 is 1.03 bits per heavy atom. The second-order valence-electron chi connectivity index (χ2n) is 8.42. The minimum absolute atomic E-state index is 0.172. The third-order valence-electron chi connectivity index (χ3n) is 6.22. The maximum atomic E-state index is 10.3. The number of hydrogen-bond donors (Lipinski definition) is 0. The van der Waals surface area contributed by atoms with Crippen LogP contribution in [-0.2, 0) is 12.0 Å². The molecule has 2 nitrogen and oxygen atoms in total. The van der Waals surface area contributed by atoms with Gasteiger partial charge in [0.1, 0.15) is 0 Å². The van der Waals surface area contributed by atoms with Gasteiger partial charge in [0.15, 0.2) is 0 Å². The summed E-state index contributed by atoms with van der Waals surface area (Å²) in [7, 11) is 0. The zero-order valence-electron chi connectivity index (χ0n) is 18.7. The molecule has 2 aromatic carbocycles. The van der Waals surface area contributed by atoms with Gasteiger partial charge in [-0.3, -0.25) is 4.90 Å². The summed E-state index contributed by atoms with van der Waals surface area (Å²) < 4.78 is 0. The van der Waals surface area contributed by atoms with Crippen LogP contribution >= 0.6 is 23.2 Å². The smallest absolute Gasteiger partial charge is 0.0846 e. The molecule has 2 rings (SSSR count). The largest absolute Gasteiger partial charge is 0.296 e. The summed E-state index contributed by atoms with van der Waals surface area (Å²) in [5, 5.41) is 11.3. The molecule has 0 aliphatic rings. The fourth-order valence-corrected chi connectivity index (χ4v) is 4.62. The van der Waals surface area contributed by atoms with E-state index in [4.69, 9.17) is 23.2 Å². The zero-order chi connectivity index (χ0) is 22.1. The van der Waals surface area contributed by atoms with Gasteiger partial charge in [-0.05, 0) is 61.4 Å². The standard InChI is InChI=1S/C26H34Cl2N2/c1-5-16-30(18-21-10-8-7-9-11-21)23(6-2)14-15-26(19-29,20(3)4)22-12-13-24(27)25(28)17-22/h7-13,17,20,23H,5-6,14-16,18H2,1-4H3. The summed E-state index contributed by atoms with van der Waals surface area (Å²) in [6.07, 6.45) is 3.94. The third kappa shape index (κ3) is 6.01. The lowest BCUT2D eigenvalue weighted by atomic mass is 9.69. The van der Waals surface area contributed by atoms with Crippen LogP contribution in [0.3, 0.4) is 0 Å². The van der Waals surface area contributed by atoms with Crippen LogP contribution in [0.15, 0.2) is 48.5 Å². The second-order valence-corrected chi connectivity index (χ2v) is 9.24. The van der Waals surface area contributed by atoms with Gasteiger partial charge in [0.25, 0.3) is 0 Å². The molecular weight excluding hydrogens is 411 g/mol. The molecule has 162 valence electrons. The Bertz CT molecular complexity index is 829. The number of hydrogen-bond acceptors (Lipinski definition) is 2. The molecule has 2 unspecified atom stereocenters. The summed E-state index contributed by atoms with van der Waals surface area (Å²) in [4.78, 5) is 2.58. The molecule has 2 aromatic rings. The Balaban J connectivity index is 2.26. The van der Waals surface area contributed by atoms with E-state index in [0.29, 0.717) is 16.1 Å². The van der Waals surface area contributed by atoms with Gasteiger partial charge < -0.3 is 0 Å². The molecule has 0 radical (unpaired) electrons. The van der Waals surface area contributed by atoms with Gasteiger partial charge in [-0.1, -0.05) is 87.3 Å². The normalized spacial score (nSPS) is 14.5. The molecule has 0 spiro atoms. The molecule has 0 aliphatic carbocycles. The highest BCUT2D eigenvalue weighted by Crippen LogP contribution is 2.40. The van der Waals surface area contributed by atoms with Crippen LogP contribution < -0.4 is 0 Å². The fourth-order valence-electron chi connectivity index (χ4n) is 4.32. The first kappa shape index (κ1) is 24.7. The first-order valence-electron chi connectivity index (χ1n) is 11.0. The third-order valence-corrected chi connectivity index (χ3v) is 6.96. The van der Waals surface area contributed by atoms with Gasteiger partial charge >= 0.3 is 0 Å². The first-order valence-corrected chi connectivity index (χ1v) is 11.8. The van der Waals surface area contributed by atoms with Crippen LogP contribution in [0.5, 0.6) is 0 Å². The molecule has 0 saturated carbocycles. The average Bonchev–Trinajstić information content (AvgIpc) is 2.74. The highest BCUT2D eigenvalue weighted by Gasteiger charge is 2.37. The minimum atomic E-state index is -0.577. The summed E-state index contributed by atoms with van der Waals surface area (Å²) in [5.74, 6) is 0.172. The van der Waals surface area contributed by atoms with Crippen LogP contribution in [0, 0.1) is 17.2 Å². The Morgan fingerprint density at radius 2 is 1.73 bits per heavy atom. The van der Waals surface area contributed by atoms with Crippen LogP contribution in [-0.4, -0.2) is 17.5 Å². The van der Waals surface area contributed by atoms with Crippen molar-refractivity contribution in [3.05, 3.63) is 69.7 Å². The van der Waals surface area contributed by atoms with Crippen molar-refractivity contribution in [3.63, 3.8) is 0 Å². The van der Waals surface area contributed by atoms with E-state index in [2.05, 4.69) is 69.0 Å². The molecule has 0 aliphatic heterocycles. The van der Waals surface area contributed by atoms with E-state index >= 15 is 0 Å². The van der Waals surface area contributed by atoms with Crippen molar-refractivity contribution < 1.29 is 0 Å². The number of nitriles is 1. The maximum absolute atomic E-state index is 10.3. The molecule has 2 atom stereocenters. The monoisotopic (exact) mass is 444 g/mol. The van der Waals surface area contributed by atoms with Gasteiger partial charge in [0.2, 0.25) is 0 Å². The van der Waals surface area contributed by atoms with Crippen LogP contribution in [0.25, 0.3) is 0 Å². The number of benzene rings is 2. The second kappa shape index (κ2) is 11.8. The van der Waals surface area contributed by atoms with Crippen LogP contribution in [0.2, 0.25) is 10.0 Å². The molecule has 0 bridgehead atoms. The van der Waals surface area contributed by atoms with Crippen LogP contribution in [0.1, 0.15) is 64.5 Å². The Kier molecular flexibility index (Phi) is 9.69. The molecule has 4 heteroatoms. The van der Waals surface area contributed by atoms with Gasteiger partial charge in [-0.15, -0.1) is 0 Å². The van der Waals surface area contributed by atoms with E-state index in [1.165, 1.54) is 5.56 Å². The van der Waals surface area contributed by atoms with E-state index in [9.17, 15) is 5.26 Å². The van der Waals surface area contributed by atoms with Crippen molar-refractivity contribution in [3.8, 4) is 6.07 Å². The van der Waals surface area contributed by atoms with E-state index in [0.717, 1.165) is 44.3 Å². The van der Waals surface area contributed by atoms with E-state index < -0.39 is 5.41 Å². The first-order chi connectivity index (χ1) is 14.4. The Morgan fingerprint density at radius 3 is 2.27 bits per heavy atom. The van der Waals surface area contributed by atoms with E-state index in [1.54, 1.807) is 0 Å². The van der Waals surface area contributed by atoms with Crippen LogP contribution in [0.4, 0.5) is 0 Å². The molecule has 30 heavy (non-hydrogen) atoms. The molecule has 0 heterocycles. The number of nitrogens with zero attached hydrogens (tertiary/aromatic N) is 2. The molecular formula is C26H34Cl2N2. The summed E-state index contributed by atoms with van der Waals surface area (Å²) in [6, 6.07) is 19.4. The van der Waals surface area contributed by atoms with Crippen molar-refractivity contribution in [2.45, 2.75) is 71.4 Å². The maximum Gasteiger partial charge on any atom is 0.0846 e. The minimum Gasteiger partial charge on any atom is -0.296 e. The SMILES string of the molecule is CCCN(Cc1ccccc1)C(CC)CCC(C#N)(c1ccc(Cl)c(Cl)c1)C(C)C.